The molecule has 0 fully saturated rings. The molecule has 166 valence electrons. The van der Waals surface area contributed by atoms with E-state index in [1.807, 2.05) is 0 Å². The predicted molar refractivity (Wildman–Crippen MR) is 94.8 cm³/mol. The van der Waals surface area contributed by atoms with Crippen molar-refractivity contribution in [3.8, 4) is 11.8 Å². The molecule has 30 heavy (non-hydrogen) atoms. The number of sulfonamides is 1. The summed E-state index contributed by atoms with van der Waals surface area (Å²) >= 11 is 3.12. The summed E-state index contributed by atoms with van der Waals surface area (Å²) in [4.78, 5) is 5.41. The second-order valence-electron chi connectivity index (χ2n) is 5.69. The van der Waals surface area contributed by atoms with Crippen LogP contribution in [0.15, 0.2) is 33.9 Å². The smallest absolute Gasteiger partial charge is 0.422 e. The number of nitrogens with zero attached hydrogens (tertiary/aromatic N) is 2. The first-order chi connectivity index (χ1) is 13.7. The monoisotopic (exact) mass is 523 g/mol. The first-order valence-corrected chi connectivity index (χ1v) is 9.98. The maximum absolute atomic E-state index is 12.8. The molecule has 1 aromatic carbocycles. The van der Waals surface area contributed by atoms with Gasteiger partial charge < -0.3 is 9.47 Å². The van der Waals surface area contributed by atoms with Crippen LogP contribution in [0.25, 0.3) is 0 Å². The van der Waals surface area contributed by atoms with Gasteiger partial charge in [-0.25, -0.2) is 18.4 Å². The molecule has 2 aromatic rings. The summed E-state index contributed by atoms with van der Waals surface area (Å²) in [5.74, 6) is -2.25. The first kappa shape index (κ1) is 24.0. The lowest BCUT2D eigenvalue weighted by Gasteiger charge is -2.17. The van der Waals surface area contributed by atoms with Crippen LogP contribution >= 0.6 is 15.9 Å². The number of rotatable bonds is 7. The Hall–Kier alpha value is -2.29. The van der Waals surface area contributed by atoms with Gasteiger partial charge in [-0.05, 0) is 24.6 Å². The fourth-order valence-electron chi connectivity index (χ4n) is 1.98. The lowest BCUT2D eigenvalue weighted by Crippen LogP contribution is -2.24. The highest BCUT2D eigenvalue weighted by atomic mass is 79.9. The molecule has 2 rings (SSSR count). The van der Waals surface area contributed by atoms with Crippen LogP contribution in [-0.2, 0) is 10.0 Å². The minimum absolute atomic E-state index is 0.00299. The summed E-state index contributed by atoms with van der Waals surface area (Å²) in [6.07, 6.45) is -9.22. The molecule has 0 bridgehead atoms. The minimum atomic E-state index is -4.87. The number of benzene rings is 1. The zero-order chi connectivity index (χ0) is 22.7. The van der Waals surface area contributed by atoms with E-state index in [4.69, 9.17) is 0 Å². The number of hydrogen-bond donors (Lipinski definition) is 1. The van der Waals surface area contributed by atoms with E-state index in [1.54, 1.807) is 6.07 Å². The molecule has 1 N–H and O–H groups in total. The number of ether oxygens (including phenoxy) is 2. The molecule has 0 saturated carbocycles. The molecule has 1 heterocycles. The molecule has 0 aliphatic carbocycles. The molecule has 15 heteroatoms. The second-order valence-corrected chi connectivity index (χ2v) is 8.22. The summed E-state index contributed by atoms with van der Waals surface area (Å²) in [6.45, 7) is -2.36. The average Bonchev–Trinajstić information content (AvgIpc) is 2.59. The van der Waals surface area contributed by atoms with Crippen molar-refractivity contribution in [2.24, 2.45) is 0 Å². The number of alkyl halides is 6. The standard InChI is InChI=1S/C15H12BrF6N3O4S/c1-8-2-3-9(16)4-10(8)25-30(26,27)11-12(28-5-14(17,18)19)23-7-24-13(11)29-6-15(20,21)22/h2-4,7,25H,5-6H2,1H3. The third-order valence-corrected chi connectivity index (χ3v) is 5.06. The number of hydrogen-bond acceptors (Lipinski definition) is 6. The van der Waals surface area contributed by atoms with Crippen LogP contribution in [0.3, 0.4) is 0 Å². The van der Waals surface area contributed by atoms with Gasteiger partial charge in [-0.2, -0.15) is 26.3 Å². The Kier molecular flexibility index (Phi) is 7.06. The van der Waals surface area contributed by atoms with Gasteiger partial charge >= 0.3 is 12.4 Å². The van der Waals surface area contributed by atoms with E-state index < -0.39 is 52.2 Å². The Morgan fingerprint density at radius 1 is 1.00 bits per heavy atom. The lowest BCUT2D eigenvalue weighted by molar-refractivity contribution is -0.155. The number of anilines is 1. The van der Waals surface area contributed by atoms with E-state index in [2.05, 4.69) is 40.1 Å². The van der Waals surface area contributed by atoms with E-state index in [9.17, 15) is 34.8 Å². The number of nitrogens with one attached hydrogen (secondary N) is 1. The highest BCUT2D eigenvalue weighted by Crippen LogP contribution is 2.34. The third kappa shape index (κ3) is 6.90. The Bertz CT molecular complexity index is 978. The van der Waals surface area contributed by atoms with Crippen LogP contribution in [0.1, 0.15) is 5.56 Å². The minimum Gasteiger partial charge on any atom is -0.467 e. The van der Waals surface area contributed by atoms with Gasteiger partial charge in [0, 0.05) is 4.47 Å². The van der Waals surface area contributed by atoms with Crippen molar-refractivity contribution in [2.45, 2.75) is 24.2 Å². The molecule has 0 aliphatic heterocycles. The molecule has 0 saturated heterocycles. The quantitative estimate of drug-likeness (QED) is 0.546. The van der Waals surface area contributed by atoms with Crippen LogP contribution in [0, 0.1) is 6.92 Å². The lowest BCUT2D eigenvalue weighted by atomic mass is 10.2. The second kappa shape index (κ2) is 8.83. The van der Waals surface area contributed by atoms with Gasteiger partial charge in [0.05, 0.1) is 5.69 Å². The van der Waals surface area contributed by atoms with Gasteiger partial charge in [0.15, 0.2) is 13.2 Å². The van der Waals surface area contributed by atoms with Crippen LogP contribution in [0.2, 0.25) is 0 Å². The van der Waals surface area contributed by atoms with Crippen LogP contribution < -0.4 is 14.2 Å². The zero-order valence-corrected chi connectivity index (χ0v) is 17.2. The van der Waals surface area contributed by atoms with Crippen LogP contribution in [0.5, 0.6) is 11.8 Å². The van der Waals surface area contributed by atoms with Crippen molar-refractivity contribution in [1.82, 2.24) is 9.97 Å². The van der Waals surface area contributed by atoms with Gasteiger partial charge in [0.1, 0.15) is 6.33 Å². The number of aromatic nitrogens is 2. The van der Waals surface area contributed by atoms with Gasteiger partial charge in [0.2, 0.25) is 16.7 Å². The van der Waals surface area contributed by atoms with Crippen molar-refractivity contribution >= 4 is 31.6 Å². The first-order valence-electron chi connectivity index (χ1n) is 7.71. The molecule has 0 atom stereocenters. The van der Waals surface area contributed by atoms with Crippen molar-refractivity contribution in [1.29, 1.82) is 0 Å². The highest BCUT2D eigenvalue weighted by molar-refractivity contribution is 9.10. The Labute approximate surface area is 174 Å². The normalized spacial score (nSPS) is 12.5. The van der Waals surface area contributed by atoms with Crippen molar-refractivity contribution < 1.29 is 44.2 Å². The van der Waals surface area contributed by atoms with E-state index in [1.165, 1.54) is 19.1 Å². The van der Waals surface area contributed by atoms with E-state index in [0.29, 0.717) is 16.4 Å². The Morgan fingerprint density at radius 3 is 1.97 bits per heavy atom. The molecular formula is C15H12BrF6N3O4S. The fraction of sp³-hybridized carbons (Fsp3) is 0.333. The van der Waals surface area contributed by atoms with Gasteiger partial charge in [-0.1, -0.05) is 22.0 Å². The molecule has 7 nitrogen and oxygen atoms in total. The molecule has 0 amide bonds. The Morgan fingerprint density at radius 2 is 1.50 bits per heavy atom. The SMILES string of the molecule is Cc1ccc(Br)cc1NS(=O)(=O)c1c(OCC(F)(F)F)ncnc1OCC(F)(F)F. The molecule has 0 spiro atoms. The maximum atomic E-state index is 12.8. The molecule has 1 aromatic heterocycles. The molecule has 0 unspecified atom stereocenters. The van der Waals surface area contributed by atoms with Gasteiger partial charge in [-0.15, -0.1) is 0 Å². The third-order valence-electron chi connectivity index (χ3n) is 3.20. The summed E-state index contributed by atoms with van der Waals surface area (Å²) < 4.78 is 112. The summed E-state index contributed by atoms with van der Waals surface area (Å²) in [7, 11) is -4.83. The van der Waals surface area contributed by atoms with E-state index in [-0.39, 0.29) is 5.69 Å². The van der Waals surface area contributed by atoms with E-state index >= 15 is 0 Å². The zero-order valence-electron chi connectivity index (χ0n) is 14.8. The molecule has 0 aliphatic rings. The highest BCUT2D eigenvalue weighted by Gasteiger charge is 2.35. The topological polar surface area (TPSA) is 90.4 Å². The van der Waals surface area contributed by atoms with Crippen LogP contribution in [-0.4, -0.2) is 44.0 Å². The van der Waals surface area contributed by atoms with E-state index in [0.717, 1.165) is 0 Å². The Balaban J connectivity index is 2.52. The largest absolute Gasteiger partial charge is 0.467 e. The van der Waals surface area contributed by atoms with Gasteiger partial charge in [0.25, 0.3) is 10.0 Å². The van der Waals surface area contributed by atoms with Gasteiger partial charge in [-0.3, -0.25) is 4.72 Å². The molecule has 0 radical (unpaired) electrons. The summed E-state index contributed by atoms with van der Waals surface area (Å²) in [5, 5.41) is 0. The number of halogens is 7. The average molecular weight is 524 g/mol. The summed E-state index contributed by atoms with van der Waals surface area (Å²) in [6, 6.07) is 4.45. The van der Waals surface area contributed by atoms with Crippen molar-refractivity contribution in [2.75, 3.05) is 17.9 Å². The fourth-order valence-corrected chi connectivity index (χ4v) is 3.63. The maximum Gasteiger partial charge on any atom is 0.422 e. The van der Waals surface area contributed by atoms with Crippen LogP contribution in [0.4, 0.5) is 32.0 Å². The van der Waals surface area contributed by atoms with Crippen molar-refractivity contribution in [3.05, 3.63) is 34.6 Å². The molecular weight excluding hydrogens is 512 g/mol. The summed E-state index contributed by atoms with van der Waals surface area (Å²) in [5.41, 5.74) is 0.408. The number of aryl methyl sites for hydroxylation is 1. The predicted octanol–water partition coefficient (Wildman–Crippen LogP) is 4.23. The van der Waals surface area contributed by atoms with Crippen molar-refractivity contribution in [3.63, 3.8) is 0 Å².